The number of rotatable bonds is 18. The third-order valence-electron chi connectivity index (χ3n) is 6.01. The molecular weight excluding hydrogens is 376 g/mol. The van der Waals surface area contributed by atoms with E-state index in [0.717, 1.165) is 18.8 Å². The van der Waals surface area contributed by atoms with Gasteiger partial charge >= 0.3 is 5.97 Å². The van der Waals surface area contributed by atoms with Crippen LogP contribution in [0.25, 0.3) is 0 Å². The molecule has 0 heterocycles. The van der Waals surface area contributed by atoms with Gasteiger partial charge in [-0.1, -0.05) is 110 Å². The number of aromatic hydroxyl groups is 2. The molecule has 0 fully saturated rings. The highest BCUT2D eigenvalue weighted by Gasteiger charge is 2.14. The van der Waals surface area contributed by atoms with E-state index in [1.807, 2.05) is 0 Å². The van der Waals surface area contributed by atoms with Crippen LogP contribution in [0.1, 0.15) is 121 Å². The fraction of sp³-hybridized carbons (Fsp3) is 0.731. The summed E-state index contributed by atoms with van der Waals surface area (Å²) in [7, 11) is 0. The lowest BCUT2D eigenvalue weighted by Crippen LogP contribution is -2.06. The van der Waals surface area contributed by atoms with Crippen molar-refractivity contribution in [1.29, 1.82) is 0 Å². The Kier molecular flexibility index (Phi) is 14.9. The highest BCUT2D eigenvalue weighted by atomic mass is 16.5. The van der Waals surface area contributed by atoms with Crippen LogP contribution in [0.2, 0.25) is 0 Å². The van der Waals surface area contributed by atoms with Crippen LogP contribution in [0.15, 0.2) is 18.2 Å². The lowest BCUT2D eigenvalue weighted by Gasteiger charge is -2.07. The molecule has 0 aliphatic heterocycles. The molecule has 0 radical (unpaired) electrons. The van der Waals surface area contributed by atoms with E-state index >= 15 is 0 Å². The number of para-hydroxylation sites is 1. The predicted octanol–water partition coefficient (Wildman–Crippen LogP) is 7.76. The second kappa shape index (κ2) is 17.0. The van der Waals surface area contributed by atoms with Crippen LogP contribution in [-0.4, -0.2) is 22.8 Å². The number of esters is 1. The Labute approximate surface area is 184 Å². The summed E-state index contributed by atoms with van der Waals surface area (Å²) in [6.07, 6.45) is 19.4. The number of benzene rings is 1. The molecule has 0 aliphatic rings. The van der Waals surface area contributed by atoms with Crippen molar-refractivity contribution in [2.45, 2.75) is 110 Å². The third kappa shape index (κ3) is 12.1. The van der Waals surface area contributed by atoms with E-state index in [1.54, 1.807) is 0 Å². The molecule has 172 valence electrons. The van der Waals surface area contributed by atoms with Crippen molar-refractivity contribution in [2.75, 3.05) is 6.61 Å². The van der Waals surface area contributed by atoms with Gasteiger partial charge in [0, 0.05) is 0 Å². The quantitative estimate of drug-likeness (QED) is 0.145. The van der Waals surface area contributed by atoms with Gasteiger partial charge in [0.25, 0.3) is 0 Å². The van der Waals surface area contributed by atoms with E-state index in [4.69, 9.17) is 4.74 Å². The van der Waals surface area contributed by atoms with Gasteiger partial charge in [0.15, 0.2) is 11.5 Å². The van der Waals surface area contributed by atoms with Crippen LogP contribution < -0.4 is 0 Å². The van der Waals surface area contributed by atoms with Crippen LogP contribution in [0.5, 0.6) is 11.5 Å². The topological polar surface area (TPSA) is 66.8 Å². The maximum absolute atomic E-state index is 11.9. The van der Waals surface area contributed by atoms with Gasteiger partial charge in [0.05, 0.1) is 6.61 Å². The van der Waals surface area contributed by atoms with Gasteiger partial charge in [-0.2, -0.15) is 0 Å². The molecule has 30 heavy (non-hydrogen) atoms. The zero-order valence-electron chi connectivity index (χ0n) is 19.3. The largest absolute Gasteiger partial charge is 0.504 e. The normalized spacial score (nSPS) is 12.1. The van der Waals surface area contributed by atoms with Gasteiger partial charge < -0.3 is 14.9 Å². The summed E-state index contributed by atoms with van der Waals surface area (Å²) in [5, 5.41) is 19.1. The van der Waals surface area contributed by atoms with Gasteiger partial charge in [0.2, 0.25) is 0 Å². The van der Waals surface area contributed by atoms with Crippen LogP contribution in [0.4, 0.5) is 0 Å². The molecule has 0 aromatic heterocycles. The lowest BCUT2D eigenvalue weighted by atomic mass is 9.99. The summed E-state index contributed by atoms with van der Waals surface area (Å²) in [5.74, 6) is -0.399. The number of hydrogen-bond acceptors (Lipinski definition) is 4. The Balaban J connectivity index is 1.85. The lowest BCUT2D eigenvalue weighted by molar-refractivity contribution is 0.0493. The van der Waals surface area contributed by atoms with Crippen molar-refractivity contribution in [2.24, 2.45) is 5.92 Å². The van der Waals surface area contributed by atoms with Crippen molar-refractivity contribution in [3.8, 4) is 11.5 Å². The SMILES string of the molecule is CC[C@H](C)CCCCCCCCCCCCCCCOC(=O)c1cccc(O)c1O. The first-order chi connectivity index (χ1) is 14.6. The van der Waals surface area contributed by atoms with Crippen molar-refractivity contribution in [1.82, 2.24) is 0 Å². The van der Waals surface area contributed by atoms with E-state index in [1.165, 1.54) is 102 Å². The van der Waals surface area contributed by atoms with Crippen molar-refractivity contribution in [3.05, 3.63) is 23.8 Å². The zero-order chi connectivity index (χ0) is 22.0. The van der Waals surface area contributed by atoms with E-state index in [0.29, 0.717) is 6.61 Å². The molecule has 2 N–H and O–H groups in total. The molecule has 0 bridgehead atoms. The number of unbranched alkanes of at least 4 members (excludes halogenated alkanes) is 12. The number of carbonyl (C=O) groups is 1. The van der Waals surface area contributed by atoms with Gasteiger partial charge in [-0.05, 0) is 24.5 Å². The predicted molar refractivity (Wildman–Crippen MR) is 124 cm³/mol. The first-order valence-electron chi connectivity index (χ1n) is 12.2. The Morgan fingerprint density at radius 1 is 0.833 bits per heavy atom. The highest BCUT2D eigenvalue weighted by Crippen LogP contribution is 2.28. The second-order valence-electron chi connectivity index (χ2n) is 8.71. The molecule has 4 nitrogen and oxygen atoms in total. The molecule has 0 unspecified atom stereocenters. The first-order valence-corrected chi connectivity index (χ1v) is 12.2. The monoisotopic (exact) mass is 420 g/mol. The van der Waals surface area contributed by atoms with Gasteiger partial charge in [0.1, 0.15) is 5.56 Å². The number of carbonyl (C=O) groups excluding carboxylic acids is 1. The van der Waals surface area contributed by atoms with Crippen LogP contribution in [0.3, 0.4) is 0 Å². The van der Waals surface area contributed by atoms with Gasteiger partial charge in [-0.15, -0.1) is 0 Å². The van der Waals surface area contributed by atoms with Crippen LogP contribution in [0, 0.1) is 5.92 Å². The first kappa shape index (κ1) is 26.3. The molecule has 0 aliphatic carbocycles. The summed E-state index contributed by atoms with van der Waals surface area (Å²) in [4.78, 5) is 11.9. The number of phenols is 2. The van der Waals surface area contributed by atoms with E-state index in [-0.39, 0.29) is 11.3 Å². The molecule has 0 spiro atoms. The average molecular weight is 421 g/mol. The fourth-order valence-electron chi connectivity index (χ4n) is 3.68. The summed E-state index contributed by atoms with van der Waals surface area (Å²) in [6.45, 7) is 5.00. The molecule has 1 aromatic carbocycles. The summed E-state index contributed by atoms with van der Waals surface area (Å²) in [6, 6.07) is 4.30. The van der Waals surface area contributed by atoms with E-state index < -0.39 is 11.7 Å². The van der Waals surface area contributed by atoms with Gasteiger partial charge in [-0.25, -0.2) is 4.79 Å². The van der Waals surface area contributed by atoms with Crippen molar-refractivity contribution < 1.29 is 19.7 Å². The van der Waals surface area contributed by atoms with Gasteiger partial charge in [-0.3, -0.25) is 0 Å². The summed E-state index contributed by atoms with van der Waals surface area (Å²) < 4.78 is 5.18. The summed E-state index contributed by atoms with van der Waals surface area (Å²) >= 11 is 0. The minimum Gasteiger partial charge on any atom is -0.504 e. The third-order valence-corrected chi connectivity index (χ3v) is 6.01. The molecule has 4 heteroatoms. The number of ether oxygens (including phenoxy) is 1. The Morgan fingerprint density at radius 3 is 1.87 bits per heavy atom. The summed E-state index contributed by atoms with van der Waals surface area (Å²) in [5.41, 5.74) is 0.0149. The number of phenolic OH excluding ortho intramolecular Hbond substituents is 2. The maximum atomic E-state index is 11.9. The molecule has 1 rings (SSSR count). The molecule has 0 amide bonds. The van der Waals surface area contributed by atoms with Crippen molar-refractivity contribution >= 4 is 5.97 Å². The Bertz CT molecular complexity index is 570. The van der Waals surface area contributed by atoms with Crippen molar-refractivity contribution in [3.63, 3.8) is 0 Å². The molecule has 0 saturated carbocycles. The molecule has 1 atom stereocenters. The molecular formula is C26H44O4. The van der Waals surface area contributed by atoms with Crippen LogP contribution >= 0.6 is 0 Å². The zero-order valence-corrected chi connectivity index (χ0v) is 19.3. The maximum Gasteiger partial charge on any atom is 0.342 e. The smallest absolute Gasteiger partial charge is 0.342 e. The Hall–Kier alpha value is -1.71. The minimum atomic E-state index is -0.584. The molecule has 0 saturated heterocycles. The highest BCUT2D eigenvalue weighted by molar-refractivity contribution is 5.93. The second-order valence-corrected chi connectivity index (χ2v) is 8.71. The number of hydrogen-bond donors (Lipinski definition) is 2. The Morgan fingerprint density at radius 2 is 1.33 bits per heavy atom. The standard InChI is InChI=1S/C26H44O4/c1-3-22(2)18-15-13-11-9-7-5-4-6-8-10-12-14-16-21-30-26(29)23-19-17-20-24(27)25(23)28/h17,19-20,22,27-28H,3-16,18,21H2,1-2H3/t22-/m0/s1. The fourth-order valence-corrected chi connectivity index (χ4v) is 3.68. The minimum absolute atomic E-state index is 0.0149. The van der Waals surface area contributed by atoms with E-state index in [9.17, 15) is 15.0 Å². The van der Waals surface area contributed by atoms with E-state index in [2.05, 4.69) is 13.8 Å². The average Bonchev–Trinajstić information content (AvgIpc) is 2.74. The molecule has 1 aromatic rings. The van der Waals surface area contributed by atoms with Crippen LogP contribution in [-0.2, 0) is 4.74 Å².